The summed E-state index contributed by atoms with van der Waals surface area (Å²) < 4.78 is 5.09. The van der Waals surface area contributed by atoms with Gasteiger partial charge in [-0.3, -0.25) is 9.59 Å². The van der Waals surface area contributed by atoms with E-state index in [1.54, 1.807) is 11.0 Å². The molecule has 2 amide bonds. The number of hydrogen-bond donors (Lipinski definition) is 2. The molecule has 2 aromatic carbocycles. The molecule has 152 valence electrons. The summed E-state index contributed by atoms with van der Waals surface area (Å²) in [5.74, 6) is -1.53. The van der Waals surface area contributed by atoms with Crippen LogP contribution in [0.2, 0.25) is 0 Å². The molecular formula is C22H24N2O5. The van der Waals surface area contributed by atoms with Crippen molar-refractivity contribution in [3.63, 3.8) is 0 Å². The fraction of sp³-hybridized carbons (Fsp3) is 0.318. The SMILES string of the molecule is COCc1cc(NC(=O)C(c2ccccc2)N2CCCCC2=O)cc(C(=O)O)c1. The predicted molar refractivity (Wildman–Crippen MR) is 107 cm³/mol. The molecule has 1 atom stereocenters. The quantitative estimate of drug-likeness (QED) is 0.749. The molecule has 0 aliphatic carbocycles. The third-order valence-electron chi connectivity index (χ3n) is 4.85. The number of amides is 2. The number of ether oxygens (including phenoxy) is 1. The first-order valence-electron chi connectivity index (χ1n) is 9.51. The Morgan fingerprint density at radius 3 is 2.59 bits per heavy atom. The number of nitrogens with zero attached hydrogens (tertiary/aromatic N) is 1. The largest absolute Gasteiger partial charge is 0.478 e. The monoisotopic (exact) mass is 396 g/mol. The molecule has 7 nitrogen and oxygen atoms in total. The first-order valence-corrected chi connectivity index (χ1v) is 9.51. The molecule has 7 heteroatoms. The van der Waals surface area contributed by atoms with Gasteiger partial charge in [0.1, 0.15) is 6.04 Å². The number of aromatic carboxylic acids is 1. The number of piperidine rings is 1. The summed E-state index contributed by atoms with van der Waals surface area (Å²) in [6.07, 6.45) is 2.08. The van der Waals surface area contributed by atoms with Crippen molar-refractivity contribution in [2.24, 2.45) is 0 Å². The summed E-state index contributed by atoms with van der Waals surface area (Å²) >= 11 is 0. The van der Waals surface area contributed by atoms with Gasteiger partial charge in [0.05, 0.1) is 12.2 Å². The topological polar surface area (TPSA) is 95.9 Å². The number of carboxylic acids is 1. The lowest BCUT2D eigenvalue weighted by atomic mass is 10.00. The van der Waals surface area contributed by atoms with E-state index in [1.807, 2.05) is 30.3 Å². The van der Waals surface area contributed by atoms with Gasteiger partial charge in [0, 0.05) is 25.8 Å². The zero-order chi connectivity index (χ0) is 20.8. The molecule has 1 aliphatic heterocycles. The molecule has 2 aromatic rings. The molecule has 3 rings (SSSR count). The van der Waals surface area contributed by atoms with Crippen LogP contribution < -0.4 is 5.32 Å². The van der Waals surface area contributed by atoms with Crippen LogP contribution in [0.25, 0.3) is 0 Å². The fourth-order valence-corrected chi connectivity index (χ4v) is 3.56. The fourth-order valence-electron chi connectivity index (χ4n) is 3.56. The average Bonchev–Trinajstić information content (AvgIpc) is 2.70. The number of rotatable bonds is 7. The van der Waals surface area contributed by atoms with Gasteiger partial charge in [0.2, 0.25) is 5.91 Å². The Balaban J connectivity index is 1.92. The number of carbonyl (C=O) groups excluding carboxylic acids is 2. The highest BCUT2D eigenvalue weighted by molar-refractivity contribution is 5.99. The van der Waals surface area contributed by atoms with Crippen molar-refractivity contribution in [1.29, 1.82) is 0 Å². The lowest BCUT2D eigenvalue weighted by molar-refractivity contribution is -0.141. The summed E-state index contributed by atoms with van der Waals surface area (Å²) in [4.78, 5) is 38.8. The van der Waals surface area contributed by atoms with Crippen LogP contribution in [-0.2, 0) is 20.9 Å². The Bertz CT molecular complexity index is 897. The number of likely N-dealkylation sites (tertiary alicyclic amines) is 1. The highest BCUT2D eigenvalue weighted by atomic mass is 16.5. The third-order valence-corrected chi connectivity index (χ3v) is 4.85. The second kappa shape index (κ2) is 9.34. The van der Waals surface area contributed by atoms with Crippen molar-refractivity contribution < 1.29 is 24.2 Å². The second-order valence-electron chi connectivity index (χ2n) is 7.00. The van der Waals surface area contributed by atoms with Crippen LogP contribution in [0.3, 0.4) is 0 Å². The minimum Gasteiger partial charge on any atom is -0.478 e. The van der Waals surface area contributed by atoms with Gasteiger partial charge in [0.25, 0.3) is 5.91 Å². The maximum Gasteiger partial charge on any atom is 0.335 e. The van der Waals surface area contributed by atoms with Gasteiger partial charge in [-0.1, -0.05) is 30.3 Å². The van der Waals surface area contributed by atoms with Crippen LogP contribution in [0.5, 0.6) is 0 Å². The molecule has 2 N–H and O–H groups in total. The first-order chi connectivity index (χ1) is 14.0. The van der Waals surface area contributed by atoms with Crippen molar-refractivity contribution in [1.82, 2.24) is 4.90 Å². The van der Waals surface area contributed by atoms with Crippen molar-refractivity contribution >= 4 is 23.5 Å². The van der Waals surface area contributed by atoms with Crippen molar-refractivity contribution in [3.05, 3.63) is 65.2 Å². The average molecular weight is 396 g/mol. The molecular weight excluding hydrogens is 372 g/mol. The van der Waals surface area contributed by atoms with E-state index in [9.17, 15) is 19.5 Å². The molecule has 29 heavy (non-hydrogen) atoms. The maximum absolute atomic E-state index is 13.2. The molecule has 1 fully saturated rings. The molecule has 1 heterocycles. The molecule has 0 spiro atoms. The van der Waals surface area contributed by atoms with Gasteiger partial charge in [-0.25, -0.2) is 4.79 Å². The Morgan fingerprint density at radius 2 is 1.93 bits per heavy atom. The van der Waals surface area contributed by atoms with Crippen LogP contribution in [0.15, 0.2) is 48.5 Å². The number of benzene rings is 2. The summed E-state index contributed by atoms with van der Waals surface area (Å²) in [5.41, 5.74) is 1.76. The van der Waals surface area contributed by atoms with E-state index in [4.69, 9.17) is 4.74 Å². The first kappa shape index (κ1) is 20.5. The van der Waals surface area contributed by atoms with Gasteiger partial charge in [-0.2, -0.15) is 0 Å². The number of hydrogen-bond acceptors (Lipinski definition) is 4. The Kier molecular flexibility index (Phi) is 6.61. The van der Waals surface area contributed by atoms with Crippen LogP contribution in [-0.4, -0.2) is 41.4 Å². The maximum atomic E-state index is 13.2. The predicted octanol–water partition coefficient (Wildman–Crippen LogP) is 3.22. The molecule has 1 saturated heterocycles. The minimum atomic E-state index is -1.09. The zero-order valence-corrected chi connectivity index (χ0v) is 16.3. The van der Waals surface area contributed by atoms with E-state index in [0.717, 1.165) is 12.8 Å². The minimum absolute atomic E-state index is 0.0557. The van der Waals surface area contributed by atoms with E-state index in [0.29, 0.717) is 29.8 Å². The summed E-state index contributed by atoms with van der Waals surface area (Å²) in [6, 6.07) is 12.9. The number of carbonyl (C=O) groups is 3. The van der Waals surface area contributed by atoms with Crippen LogP contribution in [0.1, 0.15) is 46.8 Å². The van der Waals surface area contributed by atoms with Crippen molar-refractivity contribution in [2.45, 2.75) is 31.9 Å². The Morgan fingerprint density at radius 1 is 1.17 bits per heavy atom. The standard InChI is InChI=1S/C22H24N2O5/c1-29-14-15-11-17(22(27)28)13-18(12-15)23-21(26)20(16-7-3-2-4-8-16)24-10-6-5-9-19(24)25/h2-4,7-8,11-13,20H,5-6,9-10,14H2,1H3,(H,23,26)(H,27,28). The molecule has 1 aliphatic rings. The summed E-state index contributed by atoms with van der Waals surface area (Å²) in [7, 11) is 1.51. The molecule has 0 radical (unpaired) electrons. The van der Waals surface area contributed by atoms with Gasteiger partial charge in [-0.15, -0.1) is 0 Å². The highest BCUT2D eigenvalue weighted by Crippen LogP contribution is 2.27. The van der Waals surface area contributed by atoms with Gasteiger partial charge >= 0.3 is 5.97 Å². The Labute approximate surface area is 169 Å². The molecule has 0 bridgehead atoms. The number of carboxylic acid groups (broad SMARTS) is 1. The van der Waals surface area contributed by atoms with E-state index >= 15 is 0 Å². The van der Waals surface area contributed by atoms with Gasteiger partial charge < -0.3 is 20.1 Å². The number of methoxy groups -OCH3 is 1. The Hall–Kier alpha value is -3.19. The third kappa shape index (κ3) is 5.00. The van der Waals surface area contributed by atoms with Crippen LogP contribution in [0, 0.1) is 0 Å². The highest BCUT2D eigenvalue weighted by Gasteiger charge is 2.32. The second-order valence-corrected chi connectivity index (χ2v) is 7.00. The van der Waals surface area contributed by atoms with Crippen LogP contribution in [0.4, 0.5) is 5.69 Å². The molecule has 0 aromatic heterocycles. The van der Waals surface area contributed by atoms with Gasteiger partial charge in [-0.05, 0) is 42.2 Å². The zero-order valence-electron chi connectivity index (χ0n) is 16.3. The van der Waals surface area contributed by atoms with Crippen LogP contribution >= 0.6 is 0 Å². The van der Waals surface area contributed by atoms with E-state index < -0.39 is 12.0 Å². The lowest BCUT2D eigenvalue weighted by Gasteiger charge is -2.34. The van der Waals surface area contributed by atoms with Crippen molar-refractivity contribution in [2.75, 3.05) is 19.0 Å². The summed E-state index contributed by atoms with van der Waals surface area (Å²) in [6.45, 7) is 0.729. The smallest absolute Gasteiger partial charge is 0.335 e. The molecule has 0 saturated carbocycles. The normalized spacial score (nSPS) is 15.1. The van der Waals surface area contributed by atoms with E-state index in [2.05, 4.69) is 5.32 Å². The van der Waals surface area contributed by atoms with E-state index in [1.165, 1.54) is 19.2 Å². The van der Waals surface area contributed by atoms with E-state index in [-0.39, 0.29) is 24.0 Å². The summed E-state index contributed by atoms with van der Waals surface area (Å²) in [5, 5.41) is 12.2. The van der Waals surface area contributed by atoms with Gasteiger partial charge in [0.15, 0.2) is 0 Å². The van der Waals surface area contributed by atoms with Crippen molar-refractivity contribution in [3.8, 4) is 0 Å². The molecule has 1 unspecified atom stereocenters. The lowest BCUT2D eigenvalue weighted by Crippen LogP contribution is -2.43. The number of anilines is 1. The number of nitrogens with one attached hydrogen (secondary N) is 1.